The molecule has 0 fully saturated rings. The summed E-state index contributed by atoms with van der Waals surface area (Å²) in [4.78, 5) is 24.0. The first-order chi connectivity index (χ1) is 17.0. The zero-order chi connectivity index (χ0) is 25.0. The topological polar surface area (TPSA) is 89.0 Å². The summed E-state index contributed by atoms with van der Waals surface area (Å²) in [5.74, 6) is -0.348. The first-order valence-corrected chi connectivity index (χ1v) is 11.7. The van der Waals surface area contributed by atoms with E-state index in [1.54, 1.807) is 18.2 Å². The van der Waals surface area contributed by atoms with Crippen LogP contribution in [0.15, 0.2) is 76.3 Å². The van der Waals surface area contributed by atoms with Gasteiger partial charge in [-0.2, -0.15) is 5.10 Å². The molecular weight excluding hydrogens is 517 g/mol. The van der Waals surface area contributed by atoms with Gasteiger partial charge >= 0.3 is 0 Å². The van der Waals surface area contributed by atoms with Crippen LogP contribution in [0.5, 0.6) is 11.5 Å². The van der Waals surface area contributed by atoms with Gasteiger partial charge in [0.05, 0.1) is 23.0 Å². The zero-order valence-corrected chi connectivity index (χ0v) is 20.7. The second-order valence-corrected chi connectivity index (χ2v) is 8.21. The molecule has 0 saturated heterocycles. The molecule has 0 aliphatic carbocycles. The predicted molar refractivity (Wildman–Crippen MR) is 136 cm³/mol. The minimum Gasteiger partial charge on any atom is -0.490 e. The fourth-order valence-corrected chi connectivity index (χ4v) is 3.61. The van der Waals surface area contributed by atoms with Crippen LogP contribution in [0, 0.1) is 5.82 Å². The highest BCUT2D eigenvalue weighted by atomic mass is 79.9. The number of rotatable bonds is 11. The summed E-state index contributed by atoms with van der Waals surface area (Å²) in [7, 11) is 0. The number of halogens is 2. The van der Waals surface area contributed by atoms with Crippen LogP contribution >= 0.6 is 15.9 Å². The summed E-state index contributed by atoms with van der Waals surface area (Å²) in [6.45, 7) is 2.70. The maximum Gasteiger partial charge on any atom is 0.240 e. The zero-order valence-electron chi connectivity index (χ0n) is 19.1. The molecule has 0 spiro atoms. The first-order valence-electron chi connectivity index (χ1n) is 11.0. The van der Waals surface area contributed by atoms with Gasteiger partial charge in [0.2, 0.25) is 11.8 Å². The SMILES string of the molecule is CCOc1cc(C=NNC(=O)CCC(=O)Nc2ccccc2F)cc(Br)c1OCc1ccccc1. The van der Waals surface area contributed by atoms with Gasteiger partial charge in [-0.05, 0) is 58.2 Å². The Morgan fingerprint density at radius 2 is 1.71 bits per heavy atom. The largest absolute Gasteiger partial charge is 0.490 e. The van der Waals surface area contributed by atoms with Crippen molar-refractivity contribution in [1.82, 2.24) is 5.43 Å². The van der Waals surface area contributed by atoms with Gasteiger partial charge in [0.1, 0.15) is 12.4 Å². The molecule has 7 nitrogen and oxygen atoms in total. The Balaban J connectivity index is 1.54. The molecule has 0 aliphatic heterocycles. The third kappa shape index (κ3) is 8.22. The lowest BCUT2D eigenvalue weighted by molar-refractivity contribution is -0.124. The average molecular weight is 542 g/mol. The predicted octanol–water partition coefficient (Wildman–Crippen LogP) is 5.43. The Kier molecular flexibility index (Phi) is 9.80. The smallest absolute Gasteiger partial charge is 0.240 e. The van der Waals surface area contributed by atoms with E-state index in [4.69, 9.17) is 9.47 Å². The lowest BCUT2D eigenvalue weighted by atomic mass is 10.2. The molecular formula is C26H25BrFN3O4. The molecule has 3 aromatic rings. The van der Waals surface area contributed by atoms with Crippen molar-refractivity contribution < 1.29 is 23.5 Å². The summed E-state index contributed by atoms with van der Waals surface area (Å²) in [6, 6.07) is 19.2. The van der Waals surface area contributed by atoms with Gasteiger partial charge in [-0.1, -0.05) is 42.5 Å². The monoisotopic (exact) mass is 541 g/mol. The van der Waals surface area contributed by atoms with Crippen molar-refractivity contribution in [2.24, 2.45) is 5.10 Å². The number of carbonyl (C=O) groups is 2. The van der Waals surface area contributed by atoms with Gasteiger partial charge in [-0.3, -0.25) is 9.59 Å². The first kappa shape index (κ1) is 25.9. The van der Waals surface area contributed by atoms with E-state index in [1.165, 1.54) is 24.4 Å². The fourth-order valence-electron chi connectivity index (χ4n) is 3.03. The summed E-state index contributed by atoms with van der Waals surface area (Å²) in [5, 5.41) is 6.38. The Morgan fingerprint density at radius 1 is 1.00 bits per heavy atom. The minimum atomic E-state index is -0.538. The van der Waals surface area contributed by atoms with E-state index in [0.717, 1.165) is 5.56 Å². The quantitative estimate of drug-likeness (QED) is 0.250. The van der Waals surface area contributed by atoms with Crippen molar-refractivity contribution in [3.8, 4) is 11.5 Å². The van der Waals surface area contributed by atoms with Gasteiger partial charge in [0, 0.05) is 12.8 Å². The Hall–Kier alpha value is -3.72. The third-order valence-corrected chi connectivity index (χ3v) is 5.28. The highest BCUT2D eigenvalue weighted by molar-refractivity contribution is 9.10. The van der Waals surface area contributed by atoms with Crippen LogP contribution in [-0.2, 0) is 16.2 Å². The number of nitrogens with zero attached hydrogens (tertiary/aromatic N) is 1. The van der Waals surface area contributed by atoms with Crippen LogP contribution in [-0.4, -0.2) is 24.6 Å². The molecule has 2 amide bonds. The van der Waals surface area contributed by atoms with E-state index in [9.17, 15) is 14.0 Å². The normalized spacial score (nSPS) is 10.7. The van der Waals surface area contributed by atoms with Gasteiger partial charge in [-0.15, -0.1) is 0 Å². The summed E-state index contributed by atoms with van der Waals surface area (Å²) in [6.07, 6.45) is 1.26. The molecule has 0 saturated carbocycles. The molecule has 3 rings (SSSR count). The van der Waals surface area contributed by atoms with E-state index in [1.807, 2.05) is 37.3 Å². The molecule has 3 aromatic carbocycles. The molecule has 9 heteroatoms. The number of hydrogen-bond donors (Lipinski definition) is 2. The highest BCUT2D eigenvalue weighted by Gasteiger charge is 2.13. The highest BCUT2D eigenvalue weighted by Crippen LogP contribution is 2.37. The Labute approximate surface area is 211 Å². The molecule has 0 unspecified atom stereocenters. The van der Waals surface area contributed by atoms with E-state index in [2.05, 4.69) is 31.8 Å². The van der Waals surface area contributed by atoms with Crippen LogP contribution < -0.4 is 20.2 Å². The van der Waals surface area contributed by atoms with Gasteiger partial charge in [0.25, 0.3) is 0 Å². The number of nitrogens with one attached hydrogen (secondary N) is 2. The average Bonchev–Trinajstić information content (AvgIpc) is 2.84. The molecule has 182 valence electrons. The van der Waals surface area contributed by atoms with Crippen LogP contribution in [0.2, 0.25) is 0 Å². The number of hydrogen-bond acceptors (Lipinski definition) is 5. The molecule has 0 atom stereocenters. The number of ether oxygens (including phenoxy) is 2. The second kappa shape index (κ2) is 13.2. The van der Waals surface area contributed by atoms with Crippen molar-refractivity contribution in [2.75, 3.05) is 11.9 Å². The Bertz CT molecular complexity index is 1190. The fraction of sp³-hybridized carbons (Fsp3) is 0.192. The van der Waals surface area contributed by atoms with Crippen molar-refractivity contribution in [1.29, 1.82) is 0 Å². The molecule has 0 heterocycles. The maximum atomic E-state index is 13.6. The molecule has 2 N–H and O–H groups in total. The molecule has 0 aromatic heterocycles. The number of anilines is 1. The number of para-hydroxylation sites is 1. The molecule has 0 bridgehead atoms. The molecule has 0 radical (unpaired) electrons. The maximum absolute atomic E-state index is 13.6. The van der Waals surface area contributed by atoms with Crippen LogP contribution in [0.3, 0.4) is 0 Å². The van der Waals surface area contributed by atoms with E-state index in [0.29, 0.717) is 34.7 Å². The second-order valence-electron chi connectivity index (χ2n) is 7.36. The third-order valence-electron chi connectivity index (χ3n) is 4.69. The van der Waals surface area contributed by atoms with Crippen molar-refractivity contribution in [2.45, 2.75) is 26.4 Å². The number of carbonyl (C=O) groups excluding carboxylic acids is 2. The van der Waals surface area contributed by atoms with Crippen molar-refractivity contribution in [3.05, 3.63) is 88.1 Å². The van der Waals surface area contributed by atoms with E-state index in [-0.39, 0.29) is 18.5 Å². The van der Waals surface area contributed by atoms with Gasteiger partial charge in [-0.25, -0.2) is 9.82 Å². The summed E-state index contributed by atoms with van der Waals surface area (Å²) < 4.78 is 26.0. The molecule has 35 heavy (non-hydrogen) atoms. The van der Waals surface area contributed by atoms with Crippen LogP contribution in [0.1, 0.15) is 30.9 Å². The molecule has 0 aliphatic rings. The number of amides is 2. The lowest BCUT2D eigenvalue weighted by Gasteiger charge is -2.14. The summed E-state index contributed by atoms with van der Waals surface area (Å²) in [5.41, 5.74) is 4.15. The summed E-state index contributed by atoms with van der Waals surface area (Å²) >= 11 is 3.51. The standard InChI is InChI=1S/C26H25BrFN3O4/c1-2-34-23-15-19(14-20(27)26(23)35-17-18-8-4-3-5-9-18)16-29-31-25(33)13-12-24(32)30-22-11-7-6-10-21(22)28/h3-11,14-16H,2,12-13,17H2,1H3,(H,30,32)(H,31,33). The lowest BCUT2D eigenvalue weighted by Crippen LogP contribution is -2.21. The van der Waals surface area contributed by atoms with Crippen molar-refractivity contribution >= 4 is 39.6 Å². The van der Waals surface area contributed by atoms with Crippen molar-refractivity contribution in [3.63, 3.8) is 0 Å². The van der Waals surface area contributed by atoms with Gasteiger partial charge < -0.3 is 14.8 Å². The van der Waals surface area contributed by atoms with Gasteiger partial charge in [0.15, 0.2) is 11.5 Å². The van der Waals surface area contributed by atoms with Crippen LogP contribution in [0.4, 0.5) is 10.1 Å². The number of hydrazone groups is 1. The van der Waals surface area contributed by atoms with E-state index >= 15 is 0 Å². The minimum absolute atomic E-state index is 0.0720. The van der Waals surface area contributed by atoms with E-state index < -0.39 is 17.6 Å². The van der Waals surface area contributed by atoms with Crippen LogP contribution in [0.25, 0.3) is 0 Å². The Morgan fingerprint density at radius 3 is 2.46 bits per heavy atom. The number of benzene rings is 3.